The molecule has 0 saturated heterocycles. The lowest BCUT2D eigenvalue weighted by molar-refractivity contribution is 0.0684. The molecule has 0 spiro atoms. The maximum atomic E-state index is 10.7. The topological polar surface area (TPSA) is 66.6 Å². The summed E-state index contributed by atoms with van der Waals surface area (Å²) in [5, 5.41) is 12.2. The Labute approximate surface area is 75.9 Å². The van der Waals surface area contributed by atoms with Gasteiger partial charge in [-0.1, -0.05) is 5.16 Å². The van der Waals surface area contributed by atoms with E-state index in [-0.39, 0.29) is 5.69 Å². The molecule has 1 N–H and O–H groups in total. The third-order valence-electron chi connectivity index (χ3n) is 1.66. The number of hydrogen-bond donors (Lipinski definition) is 1. The zero-order valence-corrected chi connectivity index (χ0v) is 7.87. The molecule has 0 aliphatic carbocycles. The maximum absolute atomic E-state index is 10.7. The Balaban J connectivity index is 3.01. The Hall–Kier alpha value is -1.36. The van der Waals surface area contributed by atoms with Crippen molar-refractivity contribution in [2.45, 2.75) is 13.5 Å². The van der Waals surface area contributed by atoms with Gasteiger partial charge in [0.1, 0.15) is 5.76 Å². The van der Waals surface area contributed by atoms with Gasteiger partial charge in [0.15, 0.2) is 5.69 Å². The van der Waals surface area contributed by atoms with E-state index in [1.165, 1.54) is 0 Å². The minimum atomic E-state index is -1.05. The average Bonchev–Trinajstić information content (AvgIpc) is 2.32. The Kier molecular flexibility index (Phi) is 2.67. The third-order valence-corrected chi connectivity index (χ3v) is 1.66. The lowest BCUT2D eigenvalue weighted by Crippen LogP contribution is -2.14. The molecule has 0 aliphatic rings. The molecule has 5 nitrogen and oxygen atoms in total. The van der Waals surface area contributed by atoms with Crippen molar-refractivity contribution in [2.75, 3.05) is 14.1 Å². The quantitative estimate of drug-likeness (QED) is 0.750. The van der Waals surface area contributed by atoms with Crippen molar-refractivity contribution < 1.29 is 14.4 Å². The molecule has 72 valence electrons. The van der Waals surface area contributed by atoms with Crippen LogP contribution in [0.15, 0.2) is 4.52 Å². The van der Waals surface area contributed by atoms with E-state index in [0.717, 1.165) is 0 Å². The van der Waals surface area contributed by atoms with Crippen LogP contribution in [0.5, 0.6) is 0 Å². The van der Waals surface area contributed by atoms with E-state index in [2.05, 4.69) is 5.16 Å². The molecule has 0 radical (unpaired) electrons. The second-order valence-electron chi connectivity index (χ2n) is 3.11. The fourth-order valence-electron chi connectivity index (χ4n) is 1.06. The fourth-order valence-corrected chi connectivity index (χ4v) is 1.06. The number of nitrogens with zero attached hydrogens (tertiary/aromatic N) is 2. The highest BCUT2D eigenvalue weighted by molar-refractivity contribution is 5.87. The highest BCUT2D eigenvalue weighted by Gasteiger charge is 2.18. The fraction of sp³-hybridized carbons (Fsp3) is 0.500. The van der Waals surface area contributed by atoms with Crippen LogP contribution in [0.25, 0.3) is 0 Å². The summed E-state index contributed by atoms with van der Waals surface area (Å²) in [6.45, 7) is 2.23. The number of aromatic carboxylic acids is 1. The van der Waals surface area contributed by atoms with Gasteiger partial charge in [0, 0.05) is 12.1 Å². The summed E-state index contributed by atoms with van der Waals surface area (Å²) in [6, 6.07) is 0. The van der Waals surface area contributed by atoms with Gasteiger partial charge >= 0.3 is 5.97 Å². The number of aryl methyl sites for hydroxylation is 1. The molecule has 0 amide bonds. The Morgan fingerprint density at radius 1 is 1.62 bits per heavy atom. The molecule has 0 saturated carbocycles. The van der Waals surface area contributed by atoms with Crippen molar-refractivity contribution in [1.29, 1.82) is 0 Å². The summed E-state index contributed by atoms with van der Waals surface area (Å²) in [6.07, 6.45) is 0. The van der Waals surface area contributed by atoms with Gasteiger partial charge in [-0.2, -0.15) is 0 Å². The van der Waals surface area contributed by atoms with E-state index >= 15 is 0 Å². The Bertz CT molecular complexity index is 317. The van der Waals surface area contributed by atoms with Crippen molar-refractivity contribution >= 4 is 5.97 Å². The lowest BCUT2D eigenvalue weighted by Gasteiger charge is -2.07. The largest absolute Gasteiger partial charge is 0.476 e. The zero-order valence-electron chi connectivity index (χ0n) is 7.87. The monoisotopic (exact) mass is 184 g/mol. The summed E-state index contributed by atoms with van der Waals surface area (Å²) in [7, 11) is 3.72. The minimum Gasteiger partial charge on any atom is -0.476 e. The van der Waals surface area contributed by atoms with Gasteiger partial charge in [-0.3, -0.25) is 0 Å². The predicted octanol–water partition coefficient (Wildman–Crippen LogP) is 0.743. The van der Waals surface area contributed by atoms with Crippen LogP contribution in [0, 0.1) is 6.92 Å². The molecule has 0 unspecified atom stereocenters. The van der Waals surface area contributed by atoms with Crippen LogP contribution in [-0.2, 0) is 6.54 Å². The number of rotatable bonds is 3. The number of carboxylic acids is 1. The van der Waals surface area contributed by atoms with Crippen LogP contribution in [0.4, 0.5) is 0 Å². The van der Waals surface area contributed by atoms with E-state index < -0.39 is 5.97 Å². The van der Waals surface area contributed by atoms with Crippen molar-refractivity contribution in [2.24, 2.45) is 0 Å². The van der Waals surface area contributed by atoms with E-state index in [0.29, 0.717) is 17.9 Å². The second kappa shape index (κ2) is 3.57. The maximum Gasteiger partial charge on any atom is 0.358 e. The molecule has 0 aliphatic heterocycles. The van der Waals surface area contributed by atoms with Crippen LogP contribution < -0.4 is 0 Å². The van der Waals surface area contributed by atoms with Crippen molar-refractivity contribution in [3.63, 3.8) is 0 Å². The van der Waals surface area contributed by atoms with Gasteiger partial charge in [0.2, 0.25) is 0 Å². The van der Waals surface area contributed by atoms with Crippen molar-refractivity contribution in [1.82, 2.24) is 10.1 Å². The third kappa shape index (κ3) is 2.06. The molecule has 1 aromatic rings. The van der Waals surface area contributed by atoms with Crippen molar-refractivity contribution in [3.8, 4) is 0 Å². The van der Waals surface area contributed by atoms with Crippen LogP contribution in [0.2, 0.25) is 0 Å². The first-order valence-corrected chi connectivity index (χ1v) is 3.85. The van der Waals surface area contributed by atoms with Crippen LogP contribution in [0.3, 0.4) is 0 Å². The molecule has 1 rings (SSSR count). The SMILES string of the molecule is Cc1onc(C(=O)O)c1CN(C)C. The summed E-state index contributed by atoms with van der Waals surface area (Å²) in [5.41, 5.74) is 0.642. The summed E-state index contributed by atoms with van der Waals surface area (Å²) < 4.78 is 4.80. The molecular weight excluding hydrogens is 172 g/mol. The normalized spacial score (nSPS) is 10.8. The van der Waals surface area contributed by atoms with Crippen molar-refractivity contribution in [3.05, 3.63) is 17.0 Å². The first kappa shape index (κ1) is 9.73. The molecule has 0 bridgehead atoms. The van der Waals surface area contributed by atoms with Crippen LogP contribution in [0.1, 0.15) is 21.8 Å². The Morgan fingerprint density at radius 2 is 2.23 bits per heavy atom. The van der Waals surface area contributed by atoms with Gasteiger partial charge in [-0.05, 0) is 21.0 Å². The van der Waals surface area contributed by atoms with Crippen LogP contribution in [-0.4, -0.2) is 35.2 Å². The number of carboxylic acid groups (broad SMARTS) is 1. The van der Waals surface area contributed by atoms with E-state index in [1.807, 2.05) is 19.0 Å². The minimum absolute atomic E-state index is 0.00574. The predicted molar refractivity (Wildman–Crippen MR) is 45.6 cm³/mol. The molecule has 5 heteroatoms. The van der Waals surface area contributed by atoms with Gasteiger partial charge in [-0.15, -0.1) is 0 Å². The molecule has 0 fully saturated rings. The molecular formula is C8H12N2O3. The molecule has 1 aromatic heterocycles. The molecule has 1 heterocycles. The smallest absolute Gasteiger partial charge is 0.358 e. The van der Waals surface area contributed by atoms with E-state index in [4.69, 9.17) is 9.63 Å². The summed E-state index contributed by atoms with van der Waals surface area (Å²) in [5.74, 6) is -0.486. The Morgan fingerprint density at radius 3 is 2.69 bits per heavy atom. The van der Waals surface area contributed by atoms with Gasteiger partial charge in [0.05, 0.1) is 0 Å². The number of hydrogen-bond acceptors (Lipinski definition) is 4. The molecule has 0 atom stereocenters. The summed E-state index contributed by atoms with van der Waals surface area (Å²) >= 11 is 0. The molecule has 0 aromatic carbocycles. The number of aromatic nitrogens is 1. The van der Waals surface area contributed by atoms with E-state index in [1.54, 1.807) is 6.92 Å². The average molecular weight is 184 g/mol. The first-order chi connectivity index (χ1) is 6.02. The summed E-state index contributed by atoms with van der Waals surface area (Å²) in [4.78, 5) is 12.5. The van der Waals surface area contributed by atoms with E-state index in [9.17, 15) is 4.79 Å². The lowest BCUT2D eigenvalue weighted by atomic mass is 10.2. The first-order valence-electron chi connectivity index (χ1n) is 3.85. The van der Waals surface area contributed by atoms with Crippen LogP contribution >= 0.6 is 0 Å². The van der Waals surface area contributed by atoms with Gasteiger partial charge < -0.3 is 14.5 Å². The molecule has 13 heavy (non-hydrogen) atoms. The van der Waals surface area contributed by atoms with Gasteiger partial charge in [0.25, 0.3) is 0 Å². The standard InChI is InChI=1S/C8H12N2O3/c1-5-6(4-10(2)3)7(8(11)12)9-13-5/h4H2,1-3H3,(H,11,12). The highest BCUT2D eigenvalue weighted by Crippen LogP contribution is 2.14. The van der Waals surface area contributed by atoms with Gasteiger partial charge in [-0.25, -0.2) is 4.79 Å². The second-order valence-corrected chi connectivity index (χ2v) is 3.11. The number of carbonyl (C=O) groups is 1. The zero-order chi connectivity index (χ0) is 10.0. The highest BCUT2D eigenvalue weighted by atomic mass is 16.5.